The summed E-state index contributed by atoms with van der Waals surface area (Å²) in [7, 11) is 0. The van der Waals surface area contributed by atoms with E-state index in [2.05, 4.69) is 5.32 Å². The Bertz CT molecular complexity index is 570. The molecule has 0 spiro atoms. The number of hydrogen-bond acceptors (Lipinski definition) is 2. The molecule has 1 aliphatic rings. The number of carbonyl (C=O) groups excluding carboxylic acids is 1. The molecule has 1 atom stereocenters. The summed E-state index contributed by atoms with van der Waals surface area (Å²) in [5, 5.41) is 3.01. The first kappa shape index (κ1) is 15.6. The molecule has 0 radical (unpaired) electrons. The number of carbonyl (C=O) groups is 1. The van der Waals surface area contributed by atoms with E-state index in [0.717, 1.165) is 30.8 Å². The van der Waals surface area contributed by atoms with E-state index < -0.39 is 0 Å². The maximum Gasteiger partial charge on any atom is 0.326 e. The zero-order chi connectivity index (χ0) is 15.9. The lowest BCUT2D eigenvalue weighted by Gasteiger charge is -2.26. The summed E-state index contributed by atoms with van der Waals surface area (Å²) in [6.07, 6.45) is 3.42. The Hall–Kier alpha value is -2.33. The first-order valence-electron chi connectivity index (χ1n) is 8.14. The summed E-state index contributed by atoms with van der Waals surface area (Å²) in [5.41, 5.74) is 1.70. The van der Waals surface area contributed by atoms with Crippen LogP contribution >= 0.6 is 0 Å². The van der Waals surface area contributed by atoms with E-state index in [1.54, 1.807) is 4.90 Å². The quantitative estimate of drug-likeness (QED) is 0.923. The van der Waals surface area contributed by atoms with E-state index in [1.165, 1.54) is 6.42 Å². The lowest BCUT2D eigenvalue weighted by Crippen LogP contribution is -2.42. The minimum absolute atomic E-state index is 0.126. The second-order valence-corrected chi connectivity index (χ2v) is 5.68. The second kappa shape index (κ2) is 7.79. The van der Waals surface area contributed by atoms with Crippen molar-refractivity contribution < 1.29 is 9.53 Å². The number of rotatable bonds is 4. The standard InChI is InChI=1S/C19H22N2O2/c22-19(20-15-18-13-7-8-14-23-18)21(16-9-3-1-4-10-16)17-11-5-2-6-12-17/h1-6,9-12,18H,7-8,13-15H2,(H,20,22)/t18-/m1/s1. The Morgan fingerprint density at radius 3 is 2.13 bits per heavy atom. The van der Waals surface area contributed by atoms with Crippen molar-refractivity contribution in [2.24, 2.45) is 0 Å². The highest BCUT2D eigenvalue weighted by atomic mass is 16.5. The molecule has 2 amide bonds. The summed E-state index contributed by atoms with van der Waals surface area (Å²) in [5.74, 6) is 0. The van der Waals surface area contributed by atoms with Crippen LogP contribution in [-0.4, -0.2) is 25.3 Å². The van der Waals surface area contributed by atoms with Crippen molar-refractivity contribution in [3.05, 3.63) is 60.7 Å². The number of anilines is 2. The van der Waals surface area contributed by atoms with E-state index in [4.69, 9.17) is 4.74 Å². The largest absolute Gasteiger partial charge is 0.376 e. The summed E-state index contributed by atoms with van der Waals surface area (Å²) in [4.78, 5) is 14.4. The van der Waals surface area contributed by atoms with Gasteiger partial charge < -0.3 is 10.1 Å². The third-order valence-corrected chi connectivity index (χ3v) is 3.99. The highest BCUT2D eigenvalue weighted by molar-refractivity contribution is 5.99. The van der Waals surface area contributed by atoms with Gasteiger partial charge in [0.2, 0.25) is 0 Å². The van der Waals surface area contributed by atoms with E-state index in [9.17, 15) is 4.79 Å². The fourth-order valence-electron chi connectivity index (χ4n) is 2.79. The van der Waals surface area contributed by atoms with Crippen LogP contribution in [0, 0.1) is 0 Å². The van der Waals surface area contributed by atoms with Crippen LogP contribution in [0.25, 0.3) is 0 Å². The van der Waals surface area contributed by atoms with Gasteiger partial charge in [0, 0.05) is 13.2 Å². The number of nitrogens with one attached hydrogen (secondary N) is 1. The Morgan fingerprint density at radius 1 is 1.00 bits per heavy atom. The zero-order valence-corrected chi connectivity index (χ0v) is 13.2. The van der Waals surface area contributed by atoms with Crippen molar-refractivity contribution in [1.82, 2.24) is 5.32 Å². The summed E-state index contributed by atoms with van der Waals surface area (Å²) >= 11 is 0. The van der Waals surface area contributed by atoms with Crippen LogP contribution in [0.1, 0.15) is 19.3 Å². The van der Waals surface area contributed by atoms with Crippen LogP contribution in [0.2, 0.25) is 0 Å². The summed E-state index contributed by atoms with van der Waals surface area (Å²) < 4.78 is 5.69. The molecule has 0 unspecified atom stereocenters. The second-order valence-electron chi connectivity index (χ2n) is 5.68. The van der Waals surface area contributed by atoms with Crippen LogP contribution in [0.3, 0.4) is 0 Å². The lowest BCUT2D eigenvalue weighted by atomic mass is 10.1. The molecule has 2 aromatic rings. The van der Waals surface area contributed by atoms with Crippen LogP contribution < -0.4 is 10.2 Å². The molecular formula is C19H22N2O2. The molecule has 1 fully saturated rings. The number of amides is 2. The van der Waals surface area contributed by atoms with Crippen LogP contribution in [0.4, 0.5) is 16.2 Å². The molecule has 0 saturated carbocycles. The van der Waals surface area contributed by atoms with Crippen molar-refractivity contribution in [3.63, 3.8) is 0 Å². The van der Waals surface area contributed by atoms with Crippen LogP contribution in [0.15, 0.2) is 60.7 Å². The van der Waals surface area contributed by atoms with Crippen molar-refractivity contribution in [2.75, 3.05) is 18.1 Å². The number of benzene rings is 2. The molecule has 1 saturated heterocycles. The Kier molecular flexibility index (Phi) is 5.27. The van der Waals surface area contributed by atoms with Crippen molar-refractivity contribution in [3.8, 4) is 0 Å². The fourth-order valence-corrected chi connectivity index (χ4v) is 2.79. The average molecular weight is 310 g/mol. The molecule has 4 nitrogen and oxygen atoms in total. The van der Waals surface area contributed by atoms with E-state index in [-0.39, 0.29) is 12.1 Å². The van der Waals surface area contributed by atoms with Gasteiger partial charge in [0.05, 0.1) is 17.5 Å². The molecule has 23 heavy (non-hydrogen) atoms. The van der Waals surface area contributed by atoms with Crippen molar-refractivity contribution in [1.29, 1.82) is 0 Å². The monoisotopic (exact) mass is 310 g/mol. The average Bonchev–Trinajstić information content (AvgIpc) is 2.63. The third kappa shape index (κ3) is 4.11. The van der Waals surface area contributed by atoms with Gasteiger partial charge in [-0.1, -0.05) is 36.4 Å². The van der Waals surface area contributed by atoms with Gasteiger partial charge in [-0.05, 0) is 43.5 Å². The number of urea groups is 1. The van der Waals surface area contributed by atoms with E-state index in [1.807, 2.05) is 60.7 Å². The molecule has 2 aromatic carbocycles. The number of ether oxygens (including phenoxy) is 1. The Morgan fingerprint density at radius 2 is 1.61 bits per heavy atom. The topological polar surface area (TPSA) is 41.6 Å². The van der Waals surface area contributed by atoms with Gasteiger partial charge in [0.15, 0.2) is 0 Å². The highest BCUT2D eigenvalue weighted by Gasteiger charge is 2.20. The van der Waals surface area contributed by atoms with Gasteiger partial charge in [-0.2, -0.15) is 0 Å². The number of para-hydroxylation sites is 2. The van der Waals surface area contributed by atoms with Gasteiger partial charge in [0.1, 0.15) is 0 Å². The molecule has 1 N–H and O–H groups in total. The zero-order valence-electron chi connectivity index (χ0n) is 13.2. The molecule has 120 valence electrons. The molecule has 0 aromatic heterocycles. The van der Waals surface area contributed by atoms with Crippen LogP contribution in [-0.2, 0) is 4.74 Å². The fraction of sp³-hybridized carbons (Fsp3) is 0.316. The molecule has 3 rings (SSSR count). The predicted molar refractivity (Wildman–Crippen MR) is 92.0 cm³/mol. The van der Waals surface area contributed by atoms with Gasteiger partial charge in [-0.25, -0.2) is 4.79 Å². The highest BCUT2D eigenvalue weighted by Crippen LogP contribution is 2.25. The number of hydrogen-bond donors (Lipinski definition) is 1. The molecular weight excluding hydrogens is 288 g/mol. The maximum absolute atomic E-state index is 12.7. The smallest absolute Gasteiger partial charge is 0.326 e. The van der Waals surface area contributed by atoms with Crippen molar-refractivity contribution >= 4 is 17.4 Å². The Labute approximate surface area is 137 Å². The van der Waals surface area contributed by atoms with Crippen molar-refractivity contribution in [2.45, 2.75) is 25.4 Å². The molecule has 1 aliphatic heterocycles. The summed E-state index contributed by atoms with van der Waals surface area (Å²) in [6.45, 7) is 1.34. The van der Waals surface area contributed by atoms with E-state index >= 15 is 0 Å². The molecule has 0 bridgehead atoms. The minimum atomic E-state index is -0.128. The molecule has 1 heterocycles. The first-order valence-corrected chi connectivity index (χ1v) is 8.14. The number of nitrogens with zero attached hydrogens (tertiary/aromatic N) is 1. The van der Waals surface area contributed by atoms with Gasteiger partial charge in [-0.15, -0.1) is 0 Å². The maximum atomic E-state index is 12.7. The molecule has 4 heteroatoms. The van der Waals surface area contributed by atoms with E-state index in [0.29, 0.717) is 6.54 Å². The van der Waals surface area contributed by atoms with Crippen LogP contribution in [0.5, 0.6) is 0 Å². The van der Waals surface area contributed by atoms with Gasteiger partial charge in [0.25, 0.3) is 0 Å². The predicted octanol–water partition coefficient (Wildman–Crippen LogP) is 4.10. The molecule has 0 aliphatic carbocycles. The third-order valence-electron chi connectivity index (χ3n) is 3.99. The summed E-state index contributed by atoms with van der Waals surface area (Å²) in [6, 6.07) is 19.2. The first-order chi connectivity index (χ1) is 11.3. The lowest BCUT2D eigenvalue weighted by molar-refractivity contribution is 0.0186. The van der Waals surface area contributed by atoms with Gasteiger partial charge >= 0.3 is 6.03 Å². The SMILES string of the molecule is O=C(NC[C@H]1CCCCO1)N(c1ccccc1)c1ccccc1. The minimum Gasteiger partial charge on any atom is -0.376 e. The Balaban J connectivity index is 1.74. The van der Waals surface area contributed by atoms with Gasteiger partial charge in [-0.3, -0.25) is 4.90 Å². The normalized spacial score (nSPS) is 17.5.